The third-order valence-corrected chi connectivity index (χ3v) is 5.00. The molecule has 1 heterocycles. The number of hydrogen-bond donors (Lipinski definition) is 0. The van der Waals surface area contributed by atoms with Crippen LogP contribution in [0.1, 0.15) is 20.3 Å². The van der Waals surface area contributed by atoms with E-state index in [2.05, 4.69) is 6.92 Å². The molecule has 0 aromatic heterocycles. The van der Waals surface area contributed by atoms with Gasteiger partial charge >= 0.3 is 0 Å². The zero-order chi connectivity index (χ0) is 9.19. The van der Waals surface area contributed by atoms with Gasteiger partial charge in [0.2, 0.25) is 0 Å². The van der Waals surface area contributed by atoms with Crippen molar-refractivity contribution >= 4 is 19.1 Å². The largest absolute Gasteiger partial charge is 0.312 e. The monoisotopic (exact) mass is 211 g/mol. The fourth-order valence-electron chi connectivity index (χ4n) is 1.41. The fourth-order valence-corrected chi connectivity index (χ4v) is 3.98. The molecule has 0 N–H and O–H groups in total. The Balaban J connectivity index is 2.65. The van der Waals surface area contributed by atoms with E-state index in [1.165, 1.54) is 0 Å². The van der Waals surface area contributed by atoms with Gasteiger partial charge < -0.3 is 4.52 Å². The zero-order valence-corrected chi connectivity index (χ0v) is 9.15. The van der Waals surface area contributed by atoms with Crippen molar-refractivity contribution in [2.24, 2.45) is 0 Å². The molecule has 0 bridgehead atoms. The molecule has 72 valence electrons. The number of alkyl halides is 1. The third-order valence-electron chi connectivity index (χ3n) is 1.88. The molecule has 12 heavy (non-hydrogen) atoms. The minimum atomic E-state index is -2.63. The van der Waals surface area contributed by atoms with Gasteiger partial charge in [-0.05, 0) is 13.3 Å². The second-order valence-electron chi connectivity index (χ2n) is 3.09. The molecule has 3 nitrogen and oxygen atoms in total. The van der Waals surface area contributed by atoms with E-state index in [1.54, 1.807) is 0 Å². The van der Waals surface area contributed by atoms with Crippen molar-refractivity contribution in [2.45, 2.75) is 26.4 Å². The quantitative estimate of drug-likeness (QED) is 0.531. The van der Waals surface area contributed by atoms with E-state index in [0.717, 1.165) is 19.5 Å². The minimum Gasteiger partial charge on any atom is -0.312 e. The maximum Gasteiger partial charge on any atom is 0.287 e. The summed E-state index contributed by atoms with van der Waals surface area (Å²) in [5, 5.41) is 0. The highest BCUT2D eigenvalue weighted by Crippen LogP contribution is 2.56. The van der Waals surface area contributed by atoms with Gasteiger partial charge in [-0.3, -0.25) is 4.57 Å². The summed E-state index contributed by atoms with van der Waals surface area (Å²) in [5.74, 6) is 0. The second kappa shape index (κ2) is 4.10. The molecule has 0 aromatic carbocycles. The predicted molar refractivity (Wildman–Crippen MR) is 50.7 cm³/mol. The lowest BCUT2D eigenvalue weighted by molar-refractivity contribution is 0.264. The summed E-state index contributed by atoms with van der Waals surface area (Å²) in [6.45, 7) is 5.54. The van der Waals surface area contributed by atoms with Gasteiger partial charge in [0.15, 0.2) is 0 Å². The van der Waals surface area contributed by atoms with Crippen LogP contribution in [0.3, 0.4) is 0 Å². The second-order valence-corrected chi connectivity index (χ2v) is 6.09. The van der Waals surface area contributed by atoms with Crippen LogP contribution in [-0.4, -0.2) is 29.5 Å². The van der Waals surface area contributed by atoms with Crippen LogP contribution >= 0.6 is 19.1 Å². The average molecular weight is 212 g/mol. The summed E-state index contributed by atoms with van der Waals surface area (Å²) in [6, 6.07) is 0. The molecule has 0 spiro atoms. The summed E-state index contributed by atoms with van der Waals surface area (Å²) in [4.78, 5) is 0. The van der Waals surface area contributed by atoms with E-state index in [-0.39, 0.29) is 11.7 Å². The van der Waals surface area contributed by atoms with Gasteiger partial charge in [-0.25, -0.2) is 4.67 Å². The van der Waals surface area contributed by atoms with Crippen LogP contribution in [0, 0.1) is 0 Å². The van der Waals surface area contributed by atoms with Gasteiger partial charge in [-0.1, -0.05) is 6.92 Å². The Labute approximate surface area is 78.5 Å². The van der Waals surface area contributed by atoms with E-state index in [9.17, 15) is 4.57 Å². The van der Waals surface area contributed by atoms with Crippen LogP contribution in [0.2, 0.25) is 0 Å². The Bertz CT molecular complexity index is 200. The number of rotatable bonds is 3. The Hall–Kier alpha value is 0.440. The van der Waals surface area contributed by atoms with Crippen molar-refractivity contribution < 1.29 is 9.09 Å². The molecular formula is C7H15ClNO2P. The molecule has 1 saturated heterocycles. The molecule has 0 radical (unpaired) electrons. The lowest BCUT2D eigenvalue weighted by Gasteiger charge is -2.19. The van der Waals surface area contributed by atoms with Crippen molar-refractivity contribution in [2.75, 3.05) is 18.7 Å². The van der Waals surface area contributed by atoms with Gasteiger partial charge in [-0.15, -0.1) is 11.6 Å². The van der Waals surface area contributed by atoms with Crippen LogP contribution < -0.4 is 0 Å². The molecule has 2 atom stereocenters. The standard InChI is InChI=1S/C7H15ClNO2P/c1-3-4-9-5-7(2)11-12(9,10)6-8/h7H,3-6H2,1-2H3. The van der Waals surface area contributed by atoms with Crippen LogP contribution in [-0.2, 0) is 9.09 Å². The number of halogens is 1. The molecule has 2 unspecified atom stereocenters. The van der Waals surface area contributed by atoms with Crippen molar-refractivity contribution in [1.29, 1.82) is 0 Å². The smallest absolute Gasteiger partial charge is 0.287 e. The van der Waals surface area contributed by atoms with Crippen molar-refractivity contribution in [3.05, 3.63) is 0 Å². The molecule has 5 heteroatoms. The van der Waals surface area contributed by atoms with Gasteiger partial charge in [-0.2, -0.15) is 0 Å². The Kier molecular flexibility index (Phi) is 3.59. The SMILES string of the molecule is CCCN1CC(C)OP1(=O)CCl. The summed E-state index contributed by atoms with van der Waals surface area (Å²) in [7, 11) is -2.63. The van der Waals surface area contributed by atoms with Gasteiger partial charge in [0, 0.05) is 13.1 Å². The maximum absolute atomic E-state index is 11.9. The molecule has 1 rings (SSSR count). The van der Waals surface area contributed by atoms with E-state index in [0.29, 0.717) is 0 Å². The highest BCUT2D eigenvalue weighted by atomic mass is 35.5. The van der Waals surface area contributed by atoms with Crippen LogP contribution in [0.4, 0.5) is 0 Å². The van der Waals surface area contributed by atoms with E-state index < -0.39 is 7.52 Å². The summed E-state index contributed by atoms with van der Waals surface area (Å²) in [6.07, 6.45) is 1.04. The van der Waals surface area contributed by atoms with Crippen molar-refractivity contribution in [1.82, 2.24) is 4.67 Å². The molecular weight excluding hydrogens is 197 g/mol. The van der Waals surface area contributed by atoms with Gasteiger partial charge in [0.05, 0.1) is 6.10 Å². The first-order chi connectivity index (χ1) is 5.62. The normalized spacial score (nSPS) is 37.4. The van der Waals surface area contributed by atoms with E-state index in [1.807, 2.05) is 11.6 Å². The Morgan fingerprint density at radius 3 is 2.92 bits per heavy atom. The van der Waals surface area contributed by atoms with Crippen LogP contribution in [0.25, 0.3) is 0 Å². The first kappa shape index (κ1) is 10.5. The Morgan fingerprint density at radius 1 is 1.75 bits per heavy atom. The average Bonchev–Trinajstić information content (AvgIpc) is 2.29. The van der Waals surface area contributed by atoms with Gasteiger partial charge in [0.25, 0.3) is 7.52 Å². The zero-order valence-electron chi connectivity index (χ0n) is 7.49. The first-order valence-corrected chi connectivity index (χ1v) is 6.51. The minimum absolute atomic E-state index is 0.0566. The number of nitrogens with zero attached hydrogens (tertiary/aromatic N) is 1. The van der Waals surface area contributed by atoms with E-state index >= 15 is 0 Å². The molecule has 0 aromatic rings. The molecule has 0 amide bonds. The Morgan fingerprint density at radius 2 is 2.42 bits per heavy atom. The fraction of sp³-hybridized carbons (Fsp3) is 1.00. The number of hydrogen-bond acceptors (Lipinski definition) is 2. The topological polar surface area (TPSA) is 29.5 Å². The molecule has 0 aliphatic carbocycles. The summed E-state index contributed by atoms with van der Waals surface area (Å²) >= 11 is 5.62. The summed E-state index contributed by atoms with van der Waals surface area (Å²) in [5.41, 5.74) is 0.108. The third kappa shape index (κ3) is 2.02. The van der Waals surface area contributed by atoms with Crippen LogP contribution in [0.15, 0.2) is 0 Å². The lowest BCUT2D eigenvalue weighted by Crippen LogP contribution is -2.19. The molecule has 1 aliphatic heterocycles. The molecule has 1 fully saturated rings. The lowest BCUT2D eigenvalue weighted by atomic mass is 10.4. The summed E-state index contributed by atoms with van der Waals surface area (Å²) < 4.78 is 19.1. The van der Waals surface area contributed by atoms with Crippen molar-refractivity contribution in [3.8, 4) is 0 Å². The van der Waals surface area contributed by atoms with Crippen molar-refractivity contribution in [3.63, 3.8) is 0 Å². The highest BCUT2D eigenvalue weighted by molar-refractivity contribution is 7.58. The molecule has 0 saturated carbocycles. The maximum atomic E-state index is 11.9. The van der Waals surface area contributed by atoms with Gasteiger partial charge in [0.1, 0.15) is 5.62 Å². The molecule has 1 aliphatic rings. The van der Waals surface area contributed by atoms with Crippen LogP contribution in [0.5, 0.6) is 0 Å². The highest BCUT2D eigenvalue weighted by Gasteiger charge is 2.39. The predicted octanol–water partition coefficient (Wildman–Crippen LogP) is 2.51. The van der Waals surface area contributed by atoms with E-state index in [4.69, 9.17) is 16.1 Å². The first-order valence-electron chi connectivity index (χ1n) is 4.21.